The second-order valence-electron chi connectivity index (χ2n) is 11.2. The Balaban J connectivity index is 1.62. The van der Waals surface area contributed by atoms with Gasteiger partial charge in [0, 0.05) is 51.8 Å². The van der Waals surface area contributed by atoms with E-state index < -0.39 is 5.41 Å². The van der Waals surface area contributed by atoms with Crippen LogP contribution in [0.5, 0.6) is 11.5 Å². The number of carbonyl (C=O) groups is 1. The number of likely N-dealkylation sites (tertiary alicyclic amines) is 1. The summed E-state index contributed by atoms with van der Waals surface area (Å²) in [6.07, 6.45) is 2.11. The highest BCUT2D eigenvalue weighted by Gasteiger charge is 2.42. The van der Waals surface area contributed by atoms with Crippen molar-refractivity contribution < 1.29 is 14.3 Å². The largest absolute Gasteiger partial charge is 0.491 e. The van der Waals surface area contributed by atoms with E-state index in [1.807, 2.05) is 38.1 Å². The first kappa shape index (κ1) is 24.4. The number of rotatable bonds is 5. The Morgan fingerprint density at radius 2 is 1.94 bits per heavy atom. The zero-order valence-corrected chi connectivity index (χ0v) is 22.1. The van der Waals surface area contributed by atoms with E-state index in [1.54, 1.807) is 6.07 Å². The summed E-state index contributed by atoms with van der Waals surface area (Å²) in [5, 5.41) is 10.2. The van der Waals surface area contributed by atoms with Crippen molar-refractivity contribution in [3.63, 3.8) is 0 Å². The molecule has 36 heavy (non-hydrogen) atoms. The standard InChI is InChI=1S/C30H35N3O3/c1-17(2)33-11-7-8-20(16-33)36-21-13-23-27(25(14-21)35-18(3)4)30(5,6)29-26(28(23)34)22-10-9-19(15-31)12-24(22)32-29/h9-10,12-14,17-18,20,32H,7-8,11,16H2,1-6H3. The normalized spacial score (nSPS) is 19.3. The highest BCUT2D eigenvalue weighted by atomic mass is 16.5. The molecule has 6 heteroatoms. The van der Waals surface area contributed by atoms with Crippen LogP contribution in [0.2, 0.25) is 0 Å². The van der Waals surface area contributed by atoms with Crippen LogP contribution in [0.1, 0.15) is 87.1 Å². The van der Waals surface area contributed by atoms with Crippen molar-refractivity contribution in [1.29, 1.82) is 5.26 Å². The molecule has 5 rings (SSSR count). The van der Waals surface area contributed by atoms with Gasteiger partial charge in [-0.25, -0.2) is 0 Å². The summed E-state index contributed by atoms with van der Waals surface area (Å²) in [6.45, 7) is 14.6. The van der Waals surface area contributed by atoms with E-state index in [-0.39, 0.29) is 18.0 Å². The van der Waals surface area contributed by atoms with Gasteiger partial charge in [-0.05, 0) is 65.3 Å². The molecule has 6 nitrogen and oxygen atoms in total. The van der Waals surface area contributed by atoms with E-state index in [0.717, 1.165) is 48.1 Å². The predicted molar refractivity (Wildman–Crippen MR) is 141 cm³/mol. The third-order valence-corrected chi connectivity index (χ3v) is 7.53. The van der Waals surface area contributed by atoms with Gasteiger partial charge in [-0.15, -0.1) is 0 Å². The van der Waals surface area contributed by atoms with E-state index in [1.165, 1.54) is 0 Å². The number of aromatic nitrogens is 1. The number of hydrogen-bond donors (Lipinski definition) is 1. The van der Waals surface area contributed by atoms with Crippen LogP contribution in [0.4, 0.5) is 0 Å². The average Bonchev–Trinajstić information content (AvgIpc) is 3.22. The maximum absolute atomic E-state index is 14.0. The molecule has 1 saturated heterocycles. The Bertz CT molecular complexity index is 1380. The summed E-state index contributed by atoms with van der Waals surface area (Å²) in [5.74, 6) is 1.33. The summed E-state index contributed by atoms with van der Waals surface area (Å²) in [7, 11) is 0. The number of benzene rings is 2. The molecule has 1 N–H and O–H groups in total. The summed E-state index contributed by atoms with van der Waals surface area (Å²) >= 11 is 0. The molecule has 0 amide bonds. The fourth-order valence-electron chi connectivity index (χ4n) is 5.78. The van der Waals surface area contributed by atoms with Gasteiger partial charge in [0.25, 0.3) is 0 Å². The van der Waals surface area contributed by atoms with E-state index in [2.05, 4.69) is 43.6 Å². The molecular weight excluding hydrogens is 450 g/mol. The lowest BCUT2D eigenvalue weighted by Crippen LogP contribution is -2.44. The van der Waals surface area contributed by atoms with Gasteiger partial charge in [-0.2, -0.15) is 5.26 Å². The number of nitriles is 1. The molecule has 0 bridgehead atoms. The SMILES string of the molecule is CC(C)Oc1cc(OC2CCCN(C(C)C)C2)cc2c1C(C)(C)c1[nH]c3cc(C#N)ccc3c1C2=O. The Labute approximate surface area is 213 Å². The number of ketones is 1. The first-order chi connectivity index (χ1) is 17.1. The monoisotopic (exact) mass is 485 g/mol. The predicted octanol–water partition coefficient (Wildman–Crippen LogP) is 5.95. The van der Waals surface area contributed by atoms with Crippen molar-refractivity contribution >= 4 is 16.7 Å². The third kappa shape index (κ3) is 4.06. The minimum Gasteiger partial charge on any atom is -0.491 e. The van der Waals surface area contributed by atoms with Gasteiger partial charge >= 0.3 is 0 Å². The maximum Gasteiger partial charge on any atom is 0.196 e. The molecule has 0 radical (unpaired) electrons. The van der Waals surface area contributed by atoms with Crippen molar-refractivity contribution in [2.45, 2.75) is 78.0 Å². The number of ether oxygens (including phenoxy) is 2. The Kier molecular flexibility index (Phi) is 6.08. The fourth-order valence-corrected chi connectivity index (χ4v) is 5.78. The smallest absolute Gasteiger partial charge is 0.196 e. The highest BCUT2D eigenvalue weighted by Crippen LogP contribution is 2.49. The lowest BCUT2D eigenvalue weighted by atomic mass is 9.70. The molecule has 2 aliphatic rings. The van der Waals surface area contributed by atoms with Crippen LogP contribution in [0.25, 0.3) is 10.9 Å². The Morgan fingerprint density at radius 3 is 2.64 bits per heavy atom. The molecule has 188 valence electrons. The molecule has 1 aliphatic carbocycles. The van der Waals surface area contributed by atoms with Gasteiger partial charge < -0.3 is 14.5 Å². The minimum absolute atomic E-state index is 0.0400. The number of carbonyl (C=O) groups excluding carboxylic acids is 1. The van der Waals surface area contributed by atoms with Crippen LogP contribution < -0.4 is 9.47 Å². The zero-order valence-electron chi connectivity index (χ0n) is 22.1. The molecule has 1 atom stereocenters. The molecule has 2 heterocycles. The zero-order chi connectivity index (χ0) is 25.8. The van der Waals surface area contributed by atoms with Gasteiger partial charge in [0.1, 0.15) is 17.6 Å². The number of nitrogens with one attached hydrogen (secondary N) is 1. The molecule has 2 aromatic carbocycles. The van der Waals surface area contributed by atoms with E-state index in [4.69, 9.17) is 9.47 Å². The second kappa shape index (κ2) is 8.97. The molecule has 0 saturated carbocycles. The molecule has 0 spiro atoms. The van der Waals surface area contributed by atoms with Crippen molar-refractivity contribution in [2.75, 3.05) is 13.1 Å². The van der Waals surface area contributed by atoms with Crippen molar-refractivity contribution in [2.24, 2.45) is 0 Å². The Morgan fingerprint density at radius 1 is 1.17 bits per heavy atom. The maximum atomic E-state index is 14.0. The van der Waals surface area contributed by atoms with Crippen LogP contribution in [-0.4, -0.2) is 47.0 Å². The quantitative estimate of drug-likeness (QED) is 0.483. The Hall–Kier alpha value is -3.30. The summed E-state index contributed by atoms with van der Waals surface area (Å²) in [4.78, 5) is 20.0. The lowest BCUT2D eigenvalue weighted by Gasteiger charge is -2.37. The van der Waals surface area contributed by atoms with Crippen LogP contribution in [-0.2, 0) is 5.41 Å². The van der Waals surface area contributed by atoms with Gasteiger partial charge in [0.15, 0.2) is 5.78 Å². The van der Waals surface area contributed by atoms with Crippen LogP contribution >= 0.6 is 0 Å². The number of aromatic amines is 1. The van der Waals surface area contributed by atoms with Crippen molar-refractivity contribution in [1.82, 2.24) is 9.88 Å². The molecule has 3 aromatic rings. The summed E-state index contributed by atoms with van der Waals surface area (Å²) in [6, 6.07) is 12.0. The molecule has 1 aromatic heterocycles. The summed E-state index contributed by atoms with van der Waals surface area (Å²) in [5.41, 5.74) is 3.88. The first-order valence-corrected chi connectivity index (χ1v) is 13.0. The van der Waals surface area contributed by atoms with Crippen LogP contribution in [0.3, 0.4) is 0 Å². The van der Waals surface area contributed by atoms with Gasteiger partial charge in [0.2, 0.25) is 0 Å². The number of hydrogen-bond acceptors (Lipinski definition) is 5. The minimum atomic E-state index is -0.508. The van der Waals surface area contributed by atoms with Crippen molar-refractivity contribution in [3.05, 3.63) is 58.3 Å². The number of fused-ring (bicyclic) bond motifs is 4. The number of nitrogens with zero attached hydrogens (tertiary/aromatic N) is 2. The van der Waals surface area contributed by atoms with Gasteiger partial charge in [-0.3, -0.25) is 9.69 Å². The number of H-pyrrole nitrogens is 1. The van der Waals surface area contributed by atoms with E-state index >= 15 is 0 Å². The van der Waals surface area contributed by atoms with E-state index in [0.29, 0.717) is 34.2 Å². The second-order valence-corrected chi connectivity index (χ2v) is 11.2. The third-order valence-electron chi connectivity index (χ3n) is 7.53. The molecule has 1 fully saturated rings. The van der Waals surface area contributed by atoms with Crippen LogP contribution in [0.15, 0.2) is 30.3 Å². The summed E-state index contributed by atoms with van der Waals surface area (Å²) < 4.78 is 12.8. The van der Waals surface area contributed by atoms with E-state index in [9.17, 15) is 10.1 Å². The molecular formula is C30H35N3O3. The highest BCUT2D eigenvalue weighted by molar-refractivity contribution is 6.20. The topological polar surface area (TPSA) is 78.3 Å². The van der Waals surface area contributed by atoms with Crippen molar-refractivity contribution in [3.8, 4) is 17.6 Å². The first-order valence-electron chi connectivity index (χ1n) is 13.0. The average molecular weight is 486 g/mol. The number of piperidine rings is 1. The van der Waals surface area contributed by atoms with Crippen LogP contribution in [0, 0.1) is 11.3 Å². The molecule has 1 aliphatic heterocycles. The fraction of sp³-hybridized carbons (Fsp3) is 0.467. The van der Waals surface area contributed by atoms with Gasteiger partial charge in [0.05, 0.1) is 23.3 Å². The lowest BCUT2D eigenvalue weighted by molar-refractivity contribution is 0.0702. The molecule has 1 unspecified atom stereocenters. The van der Waals surface area contributed by atoms with Gasteiger partial charge in [-0.1, -0.05) is 19.9 Å².